The van der Waals surface area contributed by atoms with Crippen molar-refractivity contribution < 1.29 is 0 Å². The Morgan fingerprint density at radius 1 is 0.561 bits per heavy atom. The molecule has 0 unspecified atom stereocenters. The molecule has 0 heterocycles. The highest BCUT2D eigenvalue weighted by molar-refractivity contribution is 5.93. The molecule has 4 aromatic carbocycles. The molecule has 0 aromatic heterocycles. The third kappa shape index (κ3) is 6.43. The number of fused-ring (bicyclic) bond motifs is 3. The first-order valence-electron chi connectivity index (χ1n) is 16.2. The van der Waals surface area contributed by atoms with E-state index in [1.54, 1.807) is 11.1 Å². The molecule has 0 fully saturated rings. The standard InChI is InChI=1S/C41H48/c1-5-7-9-13-27-41(28-14-10-8-6-2)39-16-12-11-15-36(39)37-26-25-35(30-40(37)41)38(34-23-19-32(4)20-24-34)29-33-21-17-31(3)18-22-33/h11-12,15-26,29-30H,5-10,13-14,27-28H2,1-4H3. The van der Waals surface area contributed by atoms with Crippen molar-refractivity contribution in [2.24, 2.45) is 0 Å². The van der Waals surface area contributed by atoms with Gasteiger partial charge in [-0.1, -0.05) is 161 Å². The molecule has 0 aliphatic heterocycles. The maximum atomic E-state index is 2.58. The molecule has 212 valence electrons. The molecular weight excluding hydrogens is 492 g/mol. The van der Waals surface area contributed by atoms with Crippen LogP contribution in [-0.4, -0.2) is 0 Å². The lowest BCUT2D eigenvalue weighted by molar-refractivity contribution is 0.401. The average Bonchev–Trinajstić information content (AvgIpc) is 3.27. The Hall–Kier alpha value is -3.38. The maximum absolute atomic E-state index is 2.58. The molecule has 0 saturated carbocycles. The second-order valence-electron chi connectivity index (χ2n) is 12.3. The van der Waals surface area contributed by atoms with E-state index in [-0.39, 0.29) is 5.41 Å². The lowest BCUT2D eigenvalue weighted by Gasteiger charge is -2.33. The van der Waals surface area contributed by atoms with Crippen molar-refractivity contribution >= 4 is 11.6 Å². The second-order valence-corrected chi connectivity index (χ2v) is 12.3. The van der Waals surface area contributed by atoms with E-state index in [9.17, 15) is 0 Å². The molecule has 0 bridgehead atoms. The average molecular weight is 541 g/mol. The van der Waals surface area contributed by atoms with E-state index < -0.39 is 0 Å². The fourth-order valence-electron chi connectivity index (χ4n) is 6.89. The van der Waals surface area contributed by atoms with E-state index in [4.69, 9.17) is 0 Å². The van der Waals surface area contributed by atoms with Gasteiger partial charge in [0.25, 0.3) is 0 Å². The predicted octanol–water partition coefficient (Wildman–Crippen LogP) is 12.1. The van der Waals surface area contributed by atoms with Gasteiger partial charge in [0.05, 0.1) is 0 Å². The van der Waals surface area contributed by atoms with Crippen LogP contribution in [0.3, 0.4) is 0 Å². The third-order valence-electron chi connectivity index (χ3n) is 9.24. The van der Waals surface area contributed by atoms with E-state index in [2.05, 4.69) is 125 Å². The van der Waals surface area contributed by atoms with Gasteiger partial charge in [-0.3, -0.25) is 0 Å². The molecule has 0 amide bonds. The molecular formula is C41H48. The summed E-state index contributed by atoms with van der Waals surface area (Å²) in [5.74, 6) is 0. The summed E-state index contributed by atoms with van der Waals surface area (Å²) in [4.78, 5) is 0. The molecule has 0 nitrogen and oxygen atoms in total. The fourth-order valence-corrected chi connectivity index (χ4v) is 6.89. The van der Waals surface area contributed by atoms with Gasteiger partial charge < -0.3 is 0 Å². The summed E-state index contributed by atoms with van der Waals surface area (Å²) < 4.78 is 0. The maximum Gasteiger partial charge on any atom is 0.0215 e. The van der Waals surface area contributed by atoms with Crippen LogP contribution in [0.5, 0.6) is 0 Å². The number of benzene rings is 4. The van der Waals surface area contributed by atoms with E-state index in [0.29, 0.717) is 0 Å². The van der Waals surface area contributed by atoms with Gasteiger partial charge >= 0.3 is 0 Å². The Kier molecular flexibility index (Phi) is 9.60. The second kappa shape index (κ2) is 13.5. The van der Waals surface area contributed by atoms with Gasteiger partial charge in [-0.2, -0.15) is 0 Å². The van der Waals surface area contributed by atoms with Gasteiger partial charge in [-0.15, -0.1) is 0 Å². The van der Waals surface area contributed by atoms with Crippen molar-refractivity contribution in [3.63, 3.8) is 0 Å². The van der Waals surface area contributed by atoms with E-state index in [0.717, 1.165) is 0 Å². The van der Waals surface area contributed by atoms with E-state index in [1.807, 2.05) is 0 Å². The molecule has 0 heteroatoms. The Bertz CT molecular complexity index is 1440. The fraction of sp³-hybridized carbons (Fsp3) is 0.366. The molecule has 0 saturated heterocycles. The predicted molar refractivity (Wildman–Crippen MR) is 180 cm³/mol. The molecule has 1 aliphatic carbocycles. The van der Waals surface area contributed by atoms with Crippen LogP contribution < -0.4 is 0 Å². The number of unbranched alkanes of at least 4 members (excludes halogenated alkanes) is 6. The first-order valence-corrected chi connectivity index (χ1v) is 16.2. The largest absolute Gasteiger partial charge is 0.0654 e. The molecule has 0 spiro atoms. The van der Waals surface area contributed by atoms with E-state index in [1.165, 1.54) is 109 Å². The molecule has 5 rings (SSSR count). The Balaban J connectivity index is 1.65. The van der Waals surface area contributed by atoms with Crippen molar-refractivity contribution in [1.82, 2.24) is 0 Å². The van der Waals surface area contributed by atoms with Gasteiger partial charge in [-0.05, 0) is 83.3 Å². The highest BCUT2D eigenvalue weighted by atomic mass is 14.4. The molecule has 0 atom stereocenters. The Morgan fingerprint density at radius 3 is 1.76 bits per heavy atom. The summed E-state index contributed by atoms with van der Waals surface area (Å²) in [5, 5.41) is 0. The lowest BCUT2D eigenvalue weighted by atomic mass is 9.70. The smallest absolute Gasteiger partial charge is 0.0215 e. The van der Waals surface area contributed by atoms with Crippen LogP contribution in [0.2, 0.25) is 0 Å². The third-order valence-corrected chi connectivity index (χ3v) is 9.24. The highest BCUT2D eigenvalue weighted by Gasteiger charge is 2.42. The monoisotopic (exact) mass is 540 g/mol. The molecule has 41 heavy (non-hydrogen) atoms. The zero-order valence-electron chi connectivity index (χ0n) is 25.8. The molecule has 4 aromatic rings. The highest BCUT2D eigenvalue weighted by Crippen LogP contribution is 2.54. The zero-order valence-corrected chi connectivity index (χ0v) is 25.8. The van der Waals surface area contributed by atoms with Gasteiger partial charge in [0, 0.05) is 5.41 Å². The summed E-state index contributed by atoms with van der Waals surface area (Å²) in [6.07, 6.45) is 15.3. The van der Waals surface area contributed by atoms with Crippen molar-refractivity contribution in [3.8, 4) is 11.1 Å². The number of hydrogen-bond donors (Lipinski definition) is 0. The summed E-state index contributed by atoms with van der Waals surface area (Å²) in [6.45, 7) is 8.97. The van der Waals surface area contributed by atoms with Crippen LogP contribution in [0.1, 0.15) is 117 Å². The van der Waals surface area contributed by atoms with Crippen molar-refractivity contribution in [3.05, 3.63) is 130 Å². The first-order chi connectivity index (χ1) is 20.1. The molecule has 1 aliphatic rings. The van der Waals surface area contributed by atoms with Crippen LogP contribution in [0.25, 0.3) is 22.8 Å². The van der Waals surface area contributed by atoms with Gasteiger partial charge in [0.1, 0.15) is 0 Å². The normalized spacial score (nSPS) is 13.7. The number of hydrogen-bond acceptors (Lipinski definition) is 0. The molecule has 0 radical (unpaired) electrons. The zero-order chi connectivity index (χ0) is 28.7. The van der Waals surface area contributed by atoms with Crippen molar-refractivity contribution in [2.75, 3.05) is 0 Å². The number of rotatable bonds is 13. The first kappa shape index (κ1) is 29.1. The van der Waals surface area contributed by atoms with Crippen LogP contribution in [-0.2, 0) is 5.41 Å². The van der Waals surface area contributed by atoms with Crippen LogP contribution >= 0.6 is 0 Å². The topological polar surface area (TPSA) is 0 Å². The van der Waals surface area contributed by atoms with Crippen molar-refractivity contribution in [2.45, 2.75) is 97.3 Å². The summed E-state index contributed by atoms with van der Waals surface area (Å²) >= 11 is 0. The van der Waals surface area contributed by atoms with Crippen LogP contribution in [0, 0.1) is 13.8 Å². The summed E-state index contributed by atoms with van der Waals surface area (Å²) in [6, 6.07) is 34.7. The Morgan fingerprint density at radius 2 is 1.12 bits per heavy atom. The van der Waals surface area contributed by atoms with Gasteiger partial charge in [-0.25, -0.2) is 0 Å². The molecule has 0 N–H and O–H groups in total. The van der Waals surface area contributed by atoms with Crippen LogP contribution in [0.4, 0.5) is 0 Å². The van der Waals surface area contributed by atoms with Crippen molar-refractivity contribution in [1.29, 1.82) is 0 Å². The van der Waals surface area contributed by atoms with Gasteiger partial charge in [0.15, 0.2) is 0 Å². The minimum atomic E-state index is 0.103. The minimum Gasteiger partial charge on any atom is -0.0654 e. The minimum absolute atomic E-state index is 0.103. The van der Waals surface area contributed by atoms with E-state index >= 15 is 0 Å². The Labute approximate surface area is 249 Å². The summed E-state index contributed by atoms with van der Waals surface area (Å²) in [5.41, 5.74) is 13.9. The lowest BCUT2D eigenvalue weighted by Crippen LogP contribution is -2.25. The van der Waals surface area contributed by atoms with Crippen LogP contribution in [0.15, 0.2) is 91.0 Å². The van der Waals surface area contributed by atoms with Gasteiger partial charge in [0.2, 0.25) is 0 Å². The summed E-state index contributed by atoms with van der Waals surface area (Å²) in [7, 11) is 0. The quantitative estimate of drug-likeness (QED) is 0.117. The SMILES string of the molecule is CCCCCCC1(CCCCCC)c2ccccc2-c2ccc(C(=Cc3ccc(C)cc3)c3ccc(C)cc3)cc21. The number of aryl methyl sites for hydroxylation is 2.